The number of ether oxygens (including phenoxy) is 2. The molecule has 0 amide bonds. The number of carbonyl (C=O) groups is 1. The zero-order chi connectivity index (χ0) is 14.1. The van der Waals surface area contributed by atoms with Crippen molar-refractivity contribution >= 4 is 5.97 Å². The highest BCUT2D eigenvalue weighted by molar-refractivity contribution is 5.72. The van der Waals surface area contributed by atoms with Crippen LogP contribution in [0.1, 0.15) is 11.3 Å². The number of hydrogen-bond donors (Lipinski definition) is 2. The zero-order valence-corrected chi connectivity index (χ0v) is 11.0. The molecule has 0 aliphatic carbocycles. The summed E-state index contributed by atoms with van der Waals surface area (Å²) in [5.74, 6) is 0.539. The SMILES string of the molecule is Cc1cc2c(cc1-c1cc(CC(=O)O)[nH]n1)OCCO2. The van der Waals surface area contributed by atoms with Crippen LogP contribution in [-0.2, 0) is 11.2 Å². The number of nitrogens with zero attached hydrogens (tertiary/aromatic N) is 1. The third kappa shape index (κ3) is 2.32. The number of hydrogen-bond acceptors (Lipinski definition) is 4. The van der Waals surface area contributed by atoms with E-state index in [2.05, 4.69) is 10.2 Å². The summed E-state index contributed by atoms with van der Waals surface area (Å²) in [5, 5.41) is 15.7. The zero-order valence-electron chi connectivity index (χ0n) is 11.0. The van der Waals surface area contributed by atoms with E-state index < -0.39 is 5.97 Å². The first-order valence-electron chi connectivity index (χ1n) is 6.30. The predicted octanol–water partition coefficient (Wildman–Crippen LogP) is 1.78. The van der Waals surface area contributed by atoms with Gasteiger partial charge in [0.25, 0.3) is 0 Å². The van der Waals surface area contributed by atoms with E-state index in [9.17, 15) is 4.79 Å². The average molecular weight is 274 g/mol. The van der Waals surface area contributed by atoms with Crippen LogP contribution in [0.25, 0.3) is 11.3 Å². The van der Waals surface area contributed by atoms with Gasteiger partial charge in [0.05, 0.1) is 12.1 Å². The molecule has 0 saturated carbocycles. The molecule has 0 saturated heterocycles. The number of carboxylic acid groups (broad SMARTS) is 1. The van der Waals surface area contributed by atoms with Gasteiger partial charge in [0.1, 0.15) is 13.2 Å². The molecule has 104 valence electrons. The molecule has 2 aromatic rings. The Morgan fingerprint density at radius 1 is 1.30 bits per heavy atom. The quantitative estimate of drug-likeness (QED) is 0.891. The van der Waals surface area contributed by atoms with Crippen molar-refractivity contribution in [1.82, 2.24) is 10.2 Å². The molecule has 6 nitrogen and oxygen atoms in total. The first-order valence-corrected chi connectivity index (χ1v) is 6.30. The Morgan fingerprint density at radius 2 is 2.00 bits per heavy atom. The van der Waals surface area contributed by atoms with E-state index in [1.807, 2.05) is 19.1 Å². The minimum absolute atomic E-state index is 0.0728. The molecule has 6 heteroatoms. The van der Waals surface area contributed by atoms with E-state index in [4.69, 9.17) is 14.6 Å². The van der Waals surface area contributed by atoms with Crippen molar-refractivity contribution in [2.24, 2.45) is 0 Å². The third-order valence-corrected chi connectivity index (χ3v) is 3.14. The first-order chi connectivity index (χ1) is 9.63. The molecule has 0 unspecified atom stereocenters. The minimum Gasteiger partial charge on any atom is -0.486 e. The van der Waals surface area contributed by atoms with Crippen LogP contribution in [0.3, 0.4) is 0 Å². The molecule has 20 heavy (non-hydrogen) atoms. The maximum Gasteiger partial charge on any atom is 0.309 e. The maximum atomic E-state index is 10.7. The van der Waals surface area contributed by atoms with Gasteiger partial charge in [-0.3, -0.25) is 9.89 Å². The highest BCUT2D eigenvalue weighted by atomic mass is 16.6. The fourth-order valence-corrected chi connectivity index (χ4v) is 2.22. The molecule has 0 atom stereocenters. The fraction of sp³-hybridized carbons (Fsp3) is 0.286. The monoisotopic (exact) mass is 274 g/mol. The summed E-state index contributed by atoms with van der Waals surface area (Å²) in [5.41, 5.74) is 3.18. The summed E-state index contributed by atoms with van der Waals surface area (Å²) in [6.45, 7) is 3.04. The van der Waals surface area contributed by atoms with Crippen LogP contribution >= 0.6 is 0 Å². The summed E-state index contributed by atoms with van der Waals surface area (Å²) >= 11 is 0. The fourth-order valence-electron chi connectivity index (χ4n) is 2.22. The van der Waals surface area contributed by atoms with Crippen molar-refractivity contribution in [3.63, 3.8) is 0 Å². The van der Waals surface area contributed by atoms with E-state index >= 15 is 0 Å². The van der Waals surface area contributed by atoms with Gasteiger partial charge in [0, 0.05) is 11.3 Å². The van der Waals surface area contributed by atoms with Crippen molar-refractivity contribution in [1.29, 1.82) is 0 Å². The van der Waals surface area contributed by atoms with E-state index in [1.165, 1.54) is 0 Å². The number of aromatic nitrogens is 2. The van der Waals surface area contributed by atoms with Crippen LogP contribution in [0.15, 0.2) is 18.2 Å². The van der Waals surface area contributed by atoms with Crippen molar-refractivity contribution < 1.29 is 19.4 Å². The van der Waals surface area contributed by atoms with E-state index in [0.29, 0.717) is 30.4 Å². The third-order valence-electron chi connectivity index (χ3n) is 3.14. The van der Waals surface area contributed by atoms with E-state index in [-0.39, 0.29) is 6.42 Å². The highest BCUT2D eigenvalue weighted by Gasteiger charge is 2.16. The molecule has 0 radical (unpaired) electrons. The highest BCUT2D eigenvalue weighted by Crippen LogP contribution is 2.36. The van der Waals surface area contributed by atoms with Crippen LogP contribution in [0, 0.1) is 6.92 Å². The lowest BCUT2D eigenvalue weighted by Crippen LogP contribution is -2.15. The Bertz CT molecular complexity index is 663. The molecule has 0 fully saturated rings. The van der Waals surface area contributed by atoms with Crippen LogP contribution < -0.4 is 9.47 Å². The van der Waals surface area contributed by atoms with E-state index in [1.54, 1.807) is 6.07 Å². The van der Waals surface area contributed by atoms with Crippen molar-refractivity contribution in [2.45, 2.75) is 13.3 Å². The van der Waals surface area contributed by atoms with Crippen LogP contribution in [0.4, 0.5) is 0 Å². The normalized spacial score (nSPS) is 13.2. The molecule has 2 heterocycles. The second-order valence-electron chi connectivity index (χ2n) is 4.66. The van der Waals surface area contributed by atoms with Crippen LogP contribution in [-0.4, -0.2) is 34.5 Å². The van der Waals surface area contributed by atoms with Crippen molar-refractivity contribution in [3.8, 4) is 22.8 Å². The molecule has 3 rings (SSSR count). The van der Waals surface area contributed by atoms with Crippen molar-refractivity contribution in [3.05, 3.63) is 29.5 Å². The summed E-state index contributed by atoms with van der Waals surface area (Å²) in [6.07, 6.45) is -0.0728. The largest absolute Gasteiger partial charge is 0.486 e. The smallest absolute Gasteiger partial charge is 0.309 e. The second kappa shape index (κ2) is 4.88. The number of rotatable bonds is 3. The Labute approximate surface area is 115 Å². The van der Waals surface area contributed by atoms with Gasteiger partial charge in [-0.25, -0.2) is 0 Å². The topological polar surface area (TPSA) is 84.4 Å². The summed E-state index contributed by atoms with van der Waals surface area (Å²) in [4.78, 5) is 10.7. The number of benzene rings is 1. The molecule has 0 bridgehead atoms. The molecule has 0 spiro atoms. The first kappa shape index (κ1) is 12.5. The Morgan fingerprint density at radius 3 is 2.70 bits per heavy atom. The average Bonchev–Trinajstić information content (AvgIpc) is 2.85. The summed E-state index contributed by atoms with van der Waals surface area (Å²) in [7, 11) is 0. The number of carboxylic acids is 1. The molecule has 1 aliphatic heterocycles. The van der Waals surface area contributed by atoms with Gasteiger partial charge in [0.2, 0.25) is 0 Å². The Balaban J connectivity index is 1.97. The molecular formula is C14H14N2O4. The minimum atomic E-state index is -0.890. The van der Waals surface area contributed by atoms with Crippen LogP contribution in [0.5, 0.6) is 11.5 Å². The van der Waals surface area contributed by atoms with Crippen molar-refractivity contribution in [2.75, 3.05) is 13.2 Å². The van der Waals surface area contributed by atoms with Gasteiger partial charge in [0.15, 0.2) is 11.5 Å². The molecule has 1 aromatic carbocycles. The second-order valence-corrected chi connectivity index (χ2v) is 4.66. The number of fused-ring (bicyclic) bond motifs is 1. The Kier molecular flexibility index (Phi) is 3.06. The summed E-state index contributed by atoms with van der Waals surface area (Å²) in [6, 6.07) is 5.53. The van der Waals surface area contributed by atoms with Gasteiger partial charge >= 0.3 is 5.97 Å². The van der Waals surface area contributed by atoms with Gasteiger partial charge in [-0.2, -0.15) is 5.10 Å². The van der Waals surface area contributed by atoms with E-state index in [0.717, 1.165) is 16.9 Å². The lowest BCUT2D eigenvalue weighted by molar-refractivity contribution is -0.136. The number of aryl methyl sites for hydroxylation is 1. The molecular weight excluding hydrogens is 260 g/mol. The van der Waals surface area contributed by atoms with Gasteiger partial charge in [-0.15, -0.1) is 0 Å². The lowest BCUT2D eigenvalue weighted by atomic mass is 10.0. The number of aromatic amines is 1. The predicted molar refractivity (Wildman–Crippen MR) is 71.1 cm³/mol. The van der Waals surface area contributed by atoms with Gasteiger partial charge in [-0.1, -0.05) is 0 Å². The standard InChI is InChI=1S/C14H14N2O4/c1-8-4-12-13(20-3-2-19-12)7-10(8)11-5-9(15-16-11)6-14(17)18/h4-5,7H,2-3,6H2,1H3,(H,15,16)(H,17,18). The van der Waals surface area contributed by atoms with Crippen LogP contribution in [0.2, 0.25) is 0 Å². The van der Waals surface area contributed by atoms with Gasteiger partial charge < -0.3 is 14.6 Å². The number of aliphatic carboxylic acids is 1. The number of nitrogens with one attached hydrogen (secondary N) is 1. The molecule has 1 aromatic heterocycles. The lowest BCUT2D eigenvalue weighted by Gasteiger charge is -2.19. The summed E-state index contributed by atoms with van der Waals surface area (Å²) < 4.78 is 11.1. The Hall–Kier alpha value is -2.50. The molecule has 1 aliphatic rings. The molecule has 2 N–H and O–H groups in total. The van der Waals surface area contributed by atoms with Gasteiger partial charge in [-0.05, 0) is 30.7 Å². The number of H-pyrrole nitrogens is 1. The maximum absolute atomic E-state index is 10.7.